The molecule has 1 aliphatic rings. The van der Waals surface area contributed by atoms with Gasteiger partial charge in [0.1, 0.15) is 17.7 Å². The van der Waals surface area contributed by atoms with Crippen LogP contribution in [-0.4, -0.2) is 58.1 Å². The third kappa shape index (κ3) is 3.79. The van der Waals surface area contributed by atoms with Gasteiger partial charge in [0.2, 0.25) is 0 Å². The molecule has 1 aliphatic heterocycles. The average Bonchev–Trinajstić information content (AvgIpc) is 3.11. The topological polar surface area (TPSA) is 73.9 Å². The molecule has 23 heavy (non-hydrogen) atoms. The predicted molar refractivity (Wildman–Crippen MR) is 76.8 cm³/mol. The molecule has 2 aromatic heterocycles. The fourth-order valence-electron chi connectivity index (χ4n) is 2.85. The van der Waals surface area contributed by atoms with Crippen LogP contribution < -0.4 is 5.32 Å². The largest absolute Gasteiger partial charge is 0.401 e. The zero-order chi connectivity index (χ0) is 16.4. The van der Waals surface area contributed by atoms with Crippen LogP contribution in [0, 0.1) is 5.92 Å². The van der Waals surface area contributed by atoms with Crippen LogP contribution in [0.3, 0.4) is 0 Å². The van der Waals surface area contributed by atoms with Gasteiger partial charge in [-0.3, -0.25) is 9.69 Å². The maximum Gasteiger partial charge on any atom is 0.401 e. The predicted octanol–water partition coefficient (Wildman–Crippen LogP) is 1.57. The van der Waals surface area contributed by atoms with Gasteiger partial charge in [-0.15, -0.1) is 0 Å². The molecule has 3 heterocycles. The highest BCUT2D eigenvalue weighted by molar-refractivity contribution is 6.03. The molecule has 0 bridgehead atoms. The summed E-state index contributed by atoms with van der Waals surface area (Å²) in [5, 5.41) is 3.38. The molecule has 1 atom stereocenters. The minimum atomic E-state index is -4.18. The summed E-state index contributed by atoms with van der Waals surface area (Å²) in [5.41, 5.74) is 0.837. The van der Waals surface area contributed by atoms with Gasteiger partial charge in [0.05, 0.1) is 11.9 Å². The fraction of sp³-hybridized carbons (Fsp3) is 0.500. The third-order valence-electron chi connectivity index (χ3n) is 3.89. The summed E-state index contributed by atoms with van der Waals surface area (Å²) < 4.78 is 37.1. The van der Waals surface area contributed by atoms with Crippen LogP contribution in [0.25, 0.3) is 11.0 Å². The van der Waals surface area contributed by atoms with Crippen molar-refractivity contribution < 1.29 is 18.0 Å². The second kappa shape index (κ2) is 6.15. The van der Waals surface area contributed by atoms with E-state index >= 15 is 0 Å². The van der Waals surface area contributed by atoms with E-state index in [0.717, 1.165) is 0 Å². The number of amides is 1. The van der Waals surface area contributed by atoms with E-state index in [0.29, 0.717) is 37.1 Å². The lowest BCUT2D eigenvalue weighted by Crippen LogP contribution is -2.35. The number of fused-ring (bicyclic) bond motifs is 1. The normalized spacial score (nSPS) is 19.3. The Morgan fingerprint density at radius 1 is 1.43 bits per heavy atom. The lowest BCUT2D eigenvalue weighted by molar-refractivity contribution is -0.143. The minimum absolute atomic E-state index is 0.0184. The van der Waals surface area contributed by atoms with Gasteiger partial charge < -0.3 is 10.3 Å². The lowest BCUT2D eigenvalue weighted by Gasteiger charge is -2.18. The van der Waals surface area contributed by atoms with Crippen molar-refractivity contribution in [3.8, 4) is 0 Å². The number of hydrogen-bond donors (Lipinski definition) is 2. The number of nitrogens with one attached hydrogen (secondary N) is 2. The molecule has 1 unspecified atom stereocenters. The van der Waals surface area contributed by atoms with Crippen molar-refractivity contribution in [1.29, 1.82) is 0 Å². The zero-order valence-electron chi connectivity index (χ0n) is 12.2. The Morgan fingerprint density at radius 3 is 3.04 bits per heavy atom. The highest BCUT2D eigenvalue weighted by Crippen LogP contribution is 2.22. The molecular weight excluding hydrogens is 311 g/mol. The van der Waals surface area contributed by atoms with Crippen LogP contribution in [0.5, 0.6) is 0 Å². The molecular formula is C14H16F3N5O. The van der Waals surface area contributed by atoms with Crippen LogP contribution in [0.1, 0.15) is 16.9 Å². The van der Waals surface area contributed by atoms with Crippen molar-refractivity contribution >= 4 is 16.9 Å². The van der Waals surface area contributed by atoms with Crippen molar-refractivity contribution in [1.82, 2.24) is 25.2 Å². The van der Waals surface area contributed by atoms with Crippen LogP contribution in [-0.2, 0) is 0 Å². The fourth-order valence-corrected chi connectivity index (χ4v) is 2.85. The summed E-state index contributed by atoms with van der Waals surface area (Å²) in [6.45, 7) is 0.176. The maximum atomic E-state index is 12.4. The summed E-state index contributed by atoms with van der Waals surface area (Å²) in [7, 11) is 0. The summed E-state index contributed by atoms with van der Waals surface area (Å²) in [6.07, 6.45) is -0.574. The number of alkyl halides is 3. The van der Waals surface area contributed by atoms with Crippen molar-refractivity contribution in [2.45, 2.75) is 12.6 Å². The SMILES string of the molecule is O=C(NCC1CCN(CC(F)(F)F)C1)c1ncnc2[nH]ccc12. The van der Waals surface area contributed by atoms with E-state index in [1.807, 2.05) is 0 Å². The Labute approximate surface area is 130 Å². The van der Waals surface area contributed by atoms with Crippen LogP contribution >= 0.6 is 0 Å². The van der Waals surface area contributed by atoms with Gasteiger partial charge in [-0.1, -0.05) is 0 Å². The number of H-pyrrole nitrogens is 1. The number of aromatic nitrogens is 3. The van der Waals surface area contributed by atoms with Gasteiger partial charge in [0.25, 0.3) is 5.91 Å². The number of halogens is 3. The monoisotopic (exact) mass is 327 g/mol. The number of hydrogen-bond acceptors (Lipinski definition) is 4. The van der Waals surface area contributed by atoms with E-state index in [1.165, 1.54) is 11.2 Å². The Hall–Kier alpha value is -2.16. The molecule has 9 heteroatoms. The van der Waals surface area contributed by atoms with Gasteiger partial charge in [-0.25, -0.2) is 9.97 Å². The van der Waals surface area contributed by atoms with E-state index in [9.17, 15) is 18.0 Å². The van der Waals surface area contributed by atoms with Gasteiger partial charge in [0, 0.05) is 19.3 Å². The van der Waals surface area contributed by atoms with E-state index < -0.39 is 12.7 Å². The van der Waals surface area contributed by atoms with E-state index in [1.54, 1.807) is 12.3 Å². The molecule has 3 rings (SSSR count). The first-order chi connectivity index (χ1) is 10.9. The first-order valence-corrected chi connectivity index (χ1v) is 7.28. The van der Waals surface area contributed by atoms with Crippen LogP contribution in [0.15, 0.2) is 18.6 Å². The van der Waals surface area contributed by atoms with Crippen molar-refractivity contribution in [3.05, 3.63) is 24.3 Å². The molecule has 124 valence electrons. The van der Waals surface area contributed by atoms with Gasteiger partial charge in [0.15, 0.2) is 0 Å². The molecule has 0 aliphatic carbocycles. The summed E-state index contributed by atoms with van der Waals surface area (Å²) >= 11 is 0. The smallest absolute Gasteiger partial charge is 0.350 e. The van der Waals surface area contributed by atoms with Crippen LogP contribution in [0.2, 0.25) is 0 Å². The minimum Gasteiger partial charge on any atom is -0.350 e. The Morgan fingerprint density at radius 2 is 2.26 bits per heavy atom. The molecule has 6 nitrogen and oxygen atoms in total. The summed E-state index contributed by atoms with van der Waals surface area (Å²) in [6, 6.07) is 1.71. The summed E-state index contributed by atoms with van der Waals surface area (Å²) in [5.74, 6) is -0.323. The highest BCUT2D eigenvalue weighted by Gasteiger charge is 2.34. The molecule has 1 amide bonds. The second-order valence-electron chi connectivity index (χ2n) is 5.68. The molecule has 0 aromatic carbocycles. The quantitative estimate of drug-likeness (QED) is 0.894. The number of carbonyl (C=O) groups excluding carboxylic acids is 1. The number of likely N-dealkylation sites (tertiary alicyclic amines) is 1. The highest BCUT2D eigenvalue weighted by atomic mass is 19.4. The molecule has 1 fully saturated rings. The van der Waals surface area contributed by atoms with Crippen molar-refractivity contribution in [3.63, 3.8) is 0 Å². The number of nitrogens with zero attached hydrogens (tertiary/aromatic N) is 3. The number of carbonyl (C=O) groups is 1. The van der Waals surface area contributed by atoms with Crippen LogP contribution in [0.4, 0.5) is 13.2 Å². The Bertz CT molecular complexity index is 699. The first kappa shape index (κ1) is 15.7. The molecule has 1 saturated heterocycles. The molecule has 2 aromatic rings. The van der Waals surface area contributed by atoms with Gasteiger partial charge in [-0.05, 0) is 24.9 Å². The first-order valence-electron chi connectivity index (χ1n) is 7.28. The van der Waals surface area contributed by atoms with Crippen molar-refractivity contribution in [2.75, 3.05) is 26.2 Å². The molecule has 0 saturated carbocycles. The van der Waals surface area contributed by atoms with Gasteiger partial charge >= 0.3 is 6.18 Å². The van der Waals surface area contributed by atoms with E-state index in [4.69, 9.17) is 0 Å². The third-order valence-corrected chi connectivity index (χ3v) is 3.89. The van der Waals surface area contributed by atoms with Gasteiger partial charge in [-0.2, -0.15) is 13.2 Å². The van der Waals surface area contributed by atoms with Crippen molar-refractivity contribution in [2.24, 2.45) is 5.92 Å². The average molecular weight is 327 g/mol. The number of aromatic amines is 1. The summed E-state index contributed by atoms with van der Waals surface area (Å²) in [4.78, 5) is 24.5. The molecule has 2 N–H and O–H groups in total. The number of rotatable bonds is 4. The van der Waals surface area contributed by atoms with E-state index in [2.05, 4.69) is 20.3 Å². The molecule has 0 radical (unpaired) electrons. The lowest BCUT2D eigenvalue weighted by atomic mass is 10.1. The molecule has 0 spiro atoms. The second-order valence-corrected chi connectivity index (χ2v) is 5.68. The van der Waals surface area contributed by atoms with E-state index in [-0.39, 0.29) is 17.5 Å². The maximum absolute atomic E-state index is 12.4. The Kier molecular flexibility index (Phi) is 4.20. The standard InChI is InChI=1S/C14H16F3N5O/c15-14(16,17)7-22-4-2-9(6-22)5-19-13(23)11-10-1-3-18-12(10)21-8-20-11/h1,3,8-9H,2,4-7H2,(H,19,23)(H,18,20,21). The Balaban J connectivity index is 1.55. The zero-order valence-corrected chi connectivity index (χ0v) is 12.2.